The minimum Gasteiger partial charge on any atom is -0.462 e. The largest absolute Gasteiger partial charge is 0.462 e. The van der Waals surface area contributed by atoms with Crippen molar-refractivity contribution in [3.05, 3.63) is 76.2 Å². The number of fused-ring (bicyclic) bond motifs is 1. The minimum atomic E-state index is -0.495. The molecule has 0 saturated heterocycles. The van der Waals surface area contributed by atoms with E-state index in [9.17, 15) is 9.59 Å². The Hall–Kier alpha value is -2.77. The highest BCUT2D eigenvalue weighted by Crippen LogP contribution is 2.41. The van der Waals surface area contributed by atoms with Crippen LogP contribution >= 0.6 is 23.1 Å². The third kappa shape index (κ3) is 5.60. The van der Waals surface area contributed by atoms with Gasteiger partial charge in [-0.05, 0) is 61.9 Å². The van der Waals surface area contributed by atoms with Crippen LogP contribution in [0.2, 0.25) is 0 Å². The number of rotatable bonds is 7. The van der Waals surface area contributed by atoms with Gasteiger partial charge in [0.1, 0.15) is 10.3 Å². The second kappa shape index (κ2) is 10.9. The number of nitrogens with two attached hydrogens (primary N) is 1. The van der Waals surface area contributed by atoms with Crippen LogP contribution in [-0.2, 0) is 22.4 Å². The van der Waals surface area contributed by atoms with E-state index in [1.165, 1.54) is 28.0 Å². The van der Waals surface area contributed by atoms with Crippen molar-refractivity contribution in [3.8, 4) is 0 Å². The molecule has 1 aliphatic rings. The summed E-state index contributed by atoms with van der Waals surface area (Å²) in [5, 5.41) is 3.19. The maximum atomic E-state index is 13.6. The fourth-order valence-corrected chi connectivity index (χ4v) is 6.43. The average Bonchev–Trinajstić information content (AvgIpc) is 2.98. The normalized spacial score (nSPS) is 14.1. The van der Waals surface area contributed by atoms with Gasteiger partial charge in [0.2, 0.25) is 5.91 Å². The van der Waals surface area contributed by atoms with Gasteiger partial charge < -0.3 is 15.8 Å². The number of amides is 1. The Morgan fingerprint density at radius 1 is 1.09 bits per heavy atom. The highest BCUT2D eigenvalue weighted by Gasteiger charge is 2.29. The number of nitrogens with one attached hydrogen (secondary N) is 1. The van der Waals surface area contributed by atoms with Crippen LogP contribution in [0.1, 0.15) is 57.8 Å². The van der Waals surface area contributed by atoms with E-state index in [0.29, 0.717) is 22.9 Å². The number of esters is 1. The molecule has 1 aromatic heterocycles. The first-order chi connectivity index (χ1) is 16.1. The lowest BCUT2D eigenvalue weighted by Gasteiger charge is -2.17. The molecule has 1 aliphatic carbocycles. The van der Waals surface area contributed by atoms with Gasteiger partial charge >= 0.3 is 5.97 Å². The number of anilines is 2. The molecule has 3 N–H and O–H groups in total. The summed E-state index contributed by atoms with van der Waals surface area (Å²) in [5.74, 6) is -0.525. The standard InChI is InChI=1S/C26H28N2O3S2/c1-2-31-26(30)22-20-14-7-4-8-15-21(20)33-25(22)28-24(29)23(17-10-5-3-6-11-17)32-19-13-9-12-18(27)16-19/h3,5-6,9-13,16,23H,2,4,7-8,14-15,27H2,1H3,(H,28,29). The van der Waals surface area contributed by atoms with Crippen LogP contribution in [0.15, 0.2) is 59.5 Å². The van der Waals surface area contributed by atoms with E-state index in [0.717, 1.165) is 48.1 Å². The number of ether oxygens (including phenoxy) is 1. The van der Waals surface area contributed by atoms with E-state index in [-0.39, 0.29) is 11.9 Å². The fourth-order valence-electron chi connectivity index (χ4n) is 4.05. The van der Waals surface area contributed by atoms with Crippen molar-refractivity contribution in [1.82, 2.24) is 0 Å². The van der Waals surface area contributed by atoms with Crippen LogP contribution in [-0.4, -0.2) is 18.5 Å². The minimum absolute atomic E-state index is 0.171. The summed E-state index contributed by atoms with van der Waals surface area (Å²) >= 11 is 2.96. The molecule has 0 fully saturated rings. The van der Waals surface area contributed by atoms with Crippen molar-refractivity contribution in [3.63, 3.8) is 0 Å². The third-order valence-electron chi connectivity index (χ3n) is 5.59. The molecule has 0 spiro atoms. The molecule has 5 nitrogen and oxygen atoms in total. The molecular weight excluding hydrogens is 452 g/mol. The average molecular weight is 481 g/mol. The zero-order valence-electron chi connectivity index (χ0n) is 18.6. The lowest BCUT2D eigenvalue weighted by molar-refractivity contribution is -0.115. The number of thioether (sulfide) groups is 1. The monoisotopic (exact) mass is 480 g/mol. The van der Waals surface area contributed by atoms with Crippen LogP contribution in [0.25, 0.3) is 0 Å². The number of thiophene rings is 1. The number of aryl methyl sites for hydroxylation is 1. The van der Waals surface area contributed by atoms with Crippen molar-refractivity contribution in [2.24, 2.45) is 0 Å². The molecule has 1 amide bonds. The summed E-state index contributed by atoms with van der Waals surface area (Å²) in [6, 6.07) is 17.2. The molecule has 4 rings (SSSR count). The Kier molecular flexibility index (Phi) is 7.73. The molecule has 33 heavy (non-hydrogen) atoms. The van der Waals surface area contributed by atoms with Gasteiger partial charge in [-0.3, -0.25) is 4.79 Å². The van der Waals surface area contributed by atoms with Crippen molar-refractivity contribution >= 4 is 45.7 Å². The lowest BCUT2D eigenvalue weighted by atomic mass is 10.1. The van der Waals surface area contributed by atoms with E-state index in [2.05, 4.69) is 5.32 Å². The Balaban J connectivity index is 1.67. The predicted molar refractivity (Wildman–Crippen MR) is 136 cm³/mol. The lowest BCUT2D eigenvalue weighted by Crippen LogP contribution is -2.20. The second-order valence-electron chi connectivity index (χ2n) is 7.96. The molecule has 0 bridgehead atoms. The number of carbonyl (C=O) groups is 2. The van der Waals surface area contributed by atoms with Crippen LogP contribution in [0.3, 0.4) is 0 Å². The number of carbonyl (C=O) groups excluding carboxylic acids is 2. The maximum absolute atomic E-state index is 13.6. The molecule has 0 aliphatic heterocycles. The van der Waals surface area contributed by atoms with E-state index in [4.69, 9.17) is 10.5 Å². The van der Waals surface area contributed by atoms with E-state index in [1.54, 1.807) is 6.92 Å². The Labute approximate surface area is 202 Å². The van der Waals surface area contributed by atoms with Crippen molar-refractivity contribution in [1.29, 1.82) is 0 Å². The van der Waals surface area contributed by atoms with Gasteiger partial charge in [-0.1, -0.05) is 42.8 Å². The quantitative estimate of drug-likeness (QED) is 0.181. The van der Waals surface area contributed by atoms with Crippen LogP contribution in [0.4, 0.5) is 10.7 Å². The van der Waals surface area contributed by atoms with Crippen LogP contribution < -0.4 is 11.1 Å². The zero-order chi connectivity index (χ0) is 23.2. The fraction of sp³-hybridized carbons (Fsp3) is 0.308. The smallest absolute Gasteiger partial charge is 0.341 e. The van der Waals surface area contributed by atoms with Gasteiger partial charge in [0, 0.05) is 15.5 Å². The van der Waals surface area contributed by atoms with E-state index < -0.39 is 5.25 Å². The summed E-state index contributed by atoms with van der Waals surface area (Å²) in [5.41, 5.74) is 9.08. The molecule has 1 heterocycles. The summed E-state index contributed by atoms with van der Waals surface area (Å²) in [4.78, 5) is 28.6. The SMILES string of the molecule is CCOC(=O)c1c(NC(=O)C(Sc2cccc(N)c2)c2ccccc2)sc2c1CCCCC2. The Morgan fingerprint density at radius 3 is 2.64 bits per heavy atom. The second-order valence-corrected chi connectivity index (χ2v) is 10.2. The van der Waals surface area contributed by atoms with Gasteiger partial charge in [-0.15, -0.1) is 23.1 Å². The summed E-state index contributed by atoms with van der Waals surface area (Å²) in [7, 11) is 0. The van der Waals surface area contributed by atoms with Gasteiger partial charge in [-0.25, -0.2) is 4.79 Å². The Bertz CT molecular complexity index is 1130. The summed E-state index contributed by atoms with van der Waals surface area (Å²) in [6.45, 7) is 2.10. The van der Waals surface area contributed by atoms with E-state index >= 15 is 0 Å². The zero-order valence-corrected chi connectivity index (χ0v) is 20.3. The number of benzene rings is 2. The Morgan fingerprint density at radius 2 is 1.88 bits per heavy atom. The molecule has 7 heteroatoms. The number of nitrogen functional groups attached to an aromatic ring is 1. The molecule has 172 valence electrons. The first-order valence-electron chi connectivity index (χ1n) is 11.3. The topological polar surface area (TPSA) is 81.4 Å². The number of hydrogen-bond donors (Lipinski definition) is 2. The molecule has 2 aromatic carbocycles. The number of hydrogen-bond acceptors (Lipinski definition) is 6. The van der Waals surface area contributed by atoms with Crippen molar-refractivity contribution in [2.45, 2.75) is 49.2 Å². The molecule has 0 saturated carbocycles. The highest BCUT2D eigenvalue weighted by atomic mass is 32.2. The third-order valence-corrected chi connectivity index (χ3v) is 8.05. The van der Waals surface area contributed by atoms with Gasteiger partial charge in [0.05, 0.1) is 12.2 Å². The summed E-state index contributed by atoms with van der Waals surface area (Å²) in [6.07, 6.45) is 5.07. The molecule has 1 atom stereocenters. The van der Waals surface area contributed by atoms with Gasteiger partial charge in [0.15, 0.2) is 0 Å². The van der Waals surface area contributed by atoms with Gasteiger partial charge in [0.25, 0.3) is 0 Å². The van der Waals surface area contributed by atoms with Gasteiger partial charge in [-0.2, -0.15) is 0 Å². The van der Waals surface area contributed by atoms with Crippen molar-refractivity contribution < 1.29 is 14.3 Å². The predicted octanol–water partition coefficient (Wildman–Crippen LogP) is 6.25. The molecule has 1 unspecified atom stereocenters. The molecule has 3 aromatic rings. The maximum Gasteiger partial charge on any atom is 0.341 e. The van der Waals surface area contributed by atoms with Crippen molar-refractivity contribution in [2.75, 3.05) is 17.7 Å². The van der Waals surface area contributed by atoms with Crippen LogP contribution in [0, 0.1) is 0 Å². The molecular formula is C26H28N2O3S2. The van der Waals surface area contributed by atoms with E-state index in [1.807, 2.05) is 54.6 Å². The first kappa shape index (κ1) is 23.4. The molecule has 0 radical (unpaired) electrons. The summed E-state index contributed by atoms with van der Waals surface area (Å²) < 4.78 is 5.37. The first-order valence-corrected chi connectivity index (χ1v) is 13.0. The highest BCUT2D eigenvalue weighted by molar-refractivity contribution is 8.00. The van der Waals surface area contributed by atoms with Crippen LogP contribution in [0.5, 0.6) is 0 Å².